The van der Waals surface area contributed by atoms with Crippen molar-refractivity contribution in [3.63, 3.8) is 0 Å². The van der Waals surface area contributed by atoms with E-state index in [9.17, 15) is 5.11 Å². The predicted octanol–water partition coefficient (Wildman–Crippen LogP) is 2.74. The molecule has 74 valence electrons. The van der Waals surface area contributed by atoms with Crippen LogP contribution < -0.4 is 0 Å². The first kappa shape index (κ1) is 10.8. The maximum Gasteiger partial charge on any atom is 0.103 e. The van der Waals surface area contributed by atoms with E-state index in [0.29, 0.717) is 5.88 Å². The molecule has 0 unspecified atom stereocenters. The lowest BCUT2D eigenvalue weighted by Crippen LogP contribution is -2.34. The SMILES string of the molecule is CC(C)C1(O)C=CC(C)(CCl)C=C1. The van der Waals surface area contributed by atoms with Gasteiger partial charge in [0.05, 0.1) is 0 Å². The average molecular weight is 201 g/mol. The van der Waals surface area contributed by atoms with E-state index in [-0.39, 0.29) is 11.3 Å². The third-order valence-corrected chi connectivity index (χ3v) is 3.25. The minimum absolute atomic E-state index is 0.0946. The molecule has 0 atom stereocenters. The minimum atomic E-state index is -0.786. The highest BCUT2D eigenvalue weighted by Crippen LogP contribution is 2.33. The fourth-order valence-corrected chi connectivity index (χ4v) is 1.41. The summed E-state index contributed by atoms with van der Waals surface area (Å²) in [5.74, 6) is 0.744. The van der Waals surface area contributed by atoms with E-state index in [2.05, 4.69) is 0 Å². The van der Waals surface area contributed by atoms with Gasteiger partial charge in [0, 0.05) is 11.3 Å². The minimum Gasteiger partial charge on any atom is -0.381 e. The Balaban J connectivity index is 2.84. The van der Waals surface area contributed by atoms with Crippen LogP contribution in [0.3, 0.4) is 0 Å². The molecule has 2 heteroatoms. The van der Waals surface area contributed by atoms with Gasteiger partial charge >= 0.3 is 0 Å². The second kappa shape index (κ2) is 3.47. The van der Waals surface area contributed by atoms with Crippen molar-refractivity contribution in [1.82, 2.24) is 0 Å². The quantitative estimate of drug-likeness (QED) is 0.537. The Morgan fingerprint density at radius 2 is 1.69 bits per heavy atom. The van der Waals surface area contributed by atoms with Crippen LogP contribution in [0, 0.1) is 11.3 Å². The maximum absolute atomic E-state index is 10.1. The topological polar surface area (TPSA) is 20.2 Å². The second-order valence-electron chi connectivity index (χ2n) is 4.35. The van der Waals surface area contributed by atoms with Crippen LogP contribution in [0.25, 0.3) is 0 Å². The van der Waals surface area contributed by atoms with E-state index in [1.807, 2.05) is 45.1 Å². The summed E-state index contributed by atoms with van der Waals surface area (Å²) in [5, 5.41) is 10.1. The lowest BCUT2D eigenvalue weighted by atomic mass is 9.79. The zero-order valence-electron chi connectivity index (χ0n) is 8.42. The van der Waals surface area contributed by atoms with Gasteiger partial charge in [0.2, 0.25) is 0 Å². The Hall–Kier alpha value is -0.270. The van der Waals surface area contributed by atoms with E-state index in [0.717, 1.165) is 0 Å². The first-order chi connectivity index (χ1) is 5.92. The van der Waals surface area contributed by atoms with Gasteiger partial charge in [-0.3, -0.25) is 0 Å². The fraction of sp³-hybridized carbons (Fsp3) is 0.636. The average Bonchev–Trinajstić information content (AvgIpc) is 2.11. The van der Waals surface area contributed by atoms with Gasteiger partial charge in [-0.05, 0) is 5.92 Å². The number of alkyl halides is 1. The van der Waals surface area contributed by atoms with Gasteiger partial charge in [-0.2, -0.15) is 0 Å². The van der Waals surface area contributed by atoms with Gasteiger partial charge < -0.3 is 5.11 Å². The van der Waals surface area contributed by atoms with Crippen LogP contribution in [-0.2, 0) is 0 Å². The summed E-state index contributed by atoms with van der Waals surface area (Å²) in [6, 6.07) is 0. The number of allylic oxidation sites excluding steroid dienone is 2. The van der Waals surface area contributed by atoms with Crippen molar-refractivity contribution in [1.29, 1.82) is 0 Å². The maximum atomic E-state index is 10.1. The van der Waals surface area contributed by atoms with Crippen LogP contribution in [0.4, 0.5) is 0 Å². The van der Waals surface area contributed by atoms with Crippen molar-refractivity contribution in [3.8, 4) is 0 Å². The van der Waals surface area contributed by atoms with Crippen molar-refractivity contribution in [2.75, 3.05) is 5.88 Å². The number of hydrogen-bond acceptors (Lipinski definition) is 1. The Morgan fingerprint density at radius 3 is 2.00 bits per heavy atom. The third kappa shape index (κ3) is 2.15. The summed E-state index contributed by atoms with van der Waals surface area (Å²) < 4.78 is 0. The summed E-state index contributed by atoms with van der Waals surface area (Å²) in [7, 11) is 0. The van der Waals surface area contributed by atoms with Crippen LogP contribution >= 0.6 is 11.6 Å². The molecule has 0 fully saturated rings. The van der Waals surface area contributed by atoms with Crippen LogP contribution in [0.15, 0.2) is 24.3 Å². The molecule has 1 N–H and O–H groups in total. The molecule has 0 amide bonds. The highest BCUT2D eigenvalue weighted by atomic mass is 35.5. The molecule has 1 aliphatic carbocycles. The molecule has 0 aliphatic heterocycles. The zero-order chi connectivity index (χ0) is 10.1. The molecule has 0 saturated carbocycles. The normalized spacial score (nSPS) is 38.6. The molecule has 0 aromatic heterocycles. The van der Waals surface area contributed by atoms with Crippen LogP contribution in [0.1, 0.15) is 20.8 Å². The zero-order valence-corrected chi connectivity index (χ0v) is 9.17. The second-order valence-corrected chi connectivity index (χ2v) is 4.62. The van der Waals surface area contributed by atoms with Gasteiger partial charge in [0.25, 0.3) is 0 Å². The van der Waals surface area contributed by atoms with Crippen LogP contribution in [0.5, 0.6) is 0 Å². The molecule has 0 heterocycles. The van der Waals surface area contributed by atoms with Gasteiger partial charge in [-0.25, -0.2) is 0 Å². The largest absolute Gasteiger partial charge is 0.381 e. The molecule has 0 saturated heterocycles. The number of hydrogen-bond donors (Lipinski definition) is 1. The van der Waals surface area contributed by atoms with Crippen molar-refractivity contribution < 1.29 is 5.11 Å². The number of rotatable bonds is 2. The molecular weight excluding hydrogens is 184 g/mol. The van der Waals surface area contributed by atoms with Gasteiger partial charge in [-0.15, -0.1) is 11.6 Å². The number of aliphatic hydroxyl groups is 1. The molecule has 0 aromatic carbocycles. The molecule has 13 heavy (non-hydrogen) atoms. The lowest BCUT2D eigenvalue weighted by molar-refractivity contribution is 0.0882. The van der Waals surface area contributed by atoms with Crippen LogP contribution in [-0.4, -0.2) is 16.6 Å². The van der Waals surface area contributed by atoms with E-state index < -0.39 is 5.60 Å². The molecule has 0 radical (unpaired) electrons. The first-order valence-electron chi connectivity index (χ1n) is 4.61. The summed E-state index contributed by atoms with van der Waals surface area (Å²) in [4.78, 5) is 0. The summed E-state index contributed by atoms with van der Waals surface area (Å²) in [6.45, 7) is 6.04. The smallest absolute Gasteiger partial charge is 0.103 e. The summed E-state index contributed by atoms with van der Waals surface area (Å²) >= 11 is 5.81. The molecule has 0 aromatic rings. The highest BCUT2D eigenvalue weighted by Gasteiger charge is 2.30. The molecular formula is C11H17ClO. The molecule has 0 bridgehead atoms. The van der Waals surface area contributed by atoms with E-state index in [1.165, 1.54) is 0 Å². The van der Waals surface area contributed by atoms with Crippen molar-refractivity contribution in [3.05, 3.63) is 24.3 Å². The van der Waals surface area contributed by atoms with Gasteiger partial charge in [-0.1, -0.05) is 45.1 Å². The fourth-order valence-electron chi connectivity index (χ4n) is 1.23. The Labute approximate surface area is 85.1 Å². The predicted molar refractivity (Wildman–Crippen MR) is 56.9 cm³/mol. The van der Waals surface area contributed by atoms with Crippen molar-refractivity contribution >= 4 is 11.6 Å². The Morgan fingerprint density at radius 1 is 1.23 bits per heavy atom. The summed E-state index contributed by atoms with van der Waals surface area (Å²) in [5.41, 5.74) is -0.881. The van der Waals surface area contributed by atoms with Crippen molar-refractivity contribution in [2.45, 2.75) is 26.4 Å². The summed E-state index contributed by atoms with van der Waals surface area (Å²) in [6.07, 6.45) is 7.67. The van der Waals surface area contributed by atoms with E-state index in [4.69, 9.17) is 11.6 Å². The molecule has 1 nitrogen and oxygen atoms in total. The Kier molecular flexibility index (Phi) is 2.88. The van der Waals surface area contributed by atoms with E-state index >= 15 is 0 Å². The first-order valence-corrected chi connectivity index (χ1v) is 5.14. The molecule has 0 spiro atoms. The monoisotopic (exact) mass is 200 g/mol. The molecule has 1 rings (SSSR count). The van der Waals surface area contributed by atoms with Crippen LogP contribution in [0.2, 0.25) is 0 Å². The number of halogens is 1. The standard InChI is InChI=1S/C11H17ClO/c1-9(2)11(13)6-4-10(3,8-12)5-7-11/h4-7,9,13H,8H2,1-3H3. The third-order valence-electron chi connectivity index (χ3n) is 2.67. The lowest BCUT2D eigenvalue weighted by Gasteiger charge is -2.32. The molecule has 1 aliphatic rings. The Bertz CT molecular complexity index is 226. The van der Waals surface area contributed by atoms with Gasteiger partial charge in [0.15, 0.2) is 0 Å². The highest BCUT2D eigenvalue weighted by molar-refractivity contribution is 6.18. The van der Waals surface area contributed by atoms with Crippen molar-refractivity contribution in [2.24, 2.45) is 11.3 Å². The van der Waals surface area contributed by atoms with Gasteiger partial charge in [0.1, 0.15) is 5.60 Å². The van der Waals surface area contributed by atoms with E-state index in [1.54, 1.807) is 0 Å².